The van der Waals surface area contributed by atoms with Crippen LogP contribution in [0.15, 0.2) is 0 Å². The summed E-state index contributed by atoms with van der Waals surface area (Å²) in [5.41, 5.74) is 0. The largest absolute Gasteiger partial charge is 0.393 e. The fourth-order valence-corrected chi connectivity index (χ4v) is 1.26. The van der Waals surface area contributed by atoms with Gasteiger partial charge in [0.15, 0.2) is 0 Å². The monoisotopic (exact) mass is 145 g/mol. The molecule has 10 heavy (non-hydrogen) atoms. The van der Waals surface area contributed by atoms with E-state index in [0.29, 0.717) is 0 Å². The summed E-state index contributed by atoms with van der Waals surface area (Å²) in [6, 6.07) is 0. The van der Waals surface area contributed by atoms with Crippen molar-refractivity contribution in [3.05, 3.63) is 0 Å². The molecule has 0 amide bonds. The highest BCUT2D eigenvalue weighted by Gasteiger charge is 2.19. The van der Waals surface area contributed by atoms with Gasteiger partial charge in [-0.15, -0.1) is 0 Å². The van der Waals surface area contributed by atoms with Gasteiger partial charge in [0.2, 0.25) is 0 Å². The summed E-state index contributed by atoms with van der Waals surface area (Å²) in [6.45, 7) is 3.40. The molecule has 0 aromatic heterocycles. The van der Waals surface area contributed by atoms with E-state index < -0.39 is 0 Å². The molecule has 1 fully saturated rings. The van der Waals surface area contributed by atoms with Crippen LogP contribution in [0.1, 0.15) is 19.8 Å². The molecule has 0 bridgehead atoms. The van der Waals surface area contributed by atoms with E-state index in [-0.39, 0.29) is 12.3 Å². The highest BCUT2D eigenvalue weighted by Crippen LogP contribution is 2.10. The second-order valence-electron chi connectivity index (χ2n) is 2.90. The maximum Gasteiger partial charge on any atom is 0.104 e. The molecule has 1 atom stereocenters. The van der Waals surface area contributed by atoms with Crippen LogP contribution in [0, 0.1) is 0 Å². The second kappa shape index (κ2) is 3.32. The van der Waals surface area contributed by atoms with Crippen molar-refractivity contribution in [2.75, 3.05) is 13.1 Å². The van der Waals surface area contributed by atoms with Gasteiger partial charge in [0, 0.05) is 13.1 Å². The van der Waals surface area contributed by atoms with Crippen molar-refractivity contribution in [3.8, 4) is 0 Å². The minimum Gasteiger partial charge on any atom is -0.393 e. The fourth-order valence-electron chi connectivity index (χ4n) is 1.26. The minimum absolute atomic E-state index is 0.144. The van der Waals surface area contributed by atoms with Crippen LogP contribution in [0.4, 0.5) is 0 Å². The summed E-state index contributed by atoms with van der Waals surface area (Å²) in [4.78, 5) is 1.96. The fraction of sp³-hybridized carbons (Fsp3) is 1.00. The molecule has 60 valence electrons. The molecule has 0 radical (unpaired) electrons. The average Bonchev–Trinajstić information content (AvgIpc) is 1.88. The Labute approximate surface area is 61.3 Å². The quantitative estimate of drug-likeness (QED) is 0.536. The smallest absolute Gasteiger partial charge is 0.104 e. The first-order chi connectivity index (χ1) is 4.70. The van der Waals surface area contributed by atoms with Gasteiger partial charge in [0.1, 0.15) is 6.23 Å². The molecule has 1 aliphatic rings. The topological polar surface area (TPSA) is 43.7 Å². The predicted molar refractivity (Wildman–Crippen MR) is 38.5 cm³/mol. The van der Waals surface area contributed by atoms with Crippen molar-refractivity contribution in [1.82, 2.24) is 4.90 Å². The molecule has 2 N–H and O–H groups in total. The third-order valence-electron chi connectivity index (χ3n) is 2.03. The van der Waals surface area contributed by atoms with Gasteiger partial charge in [0.05, 0.1) is 6.10 Å². The molecule has 3 heteroatoms. The van der Waals surface area contributed by atoms with Crippen molar-refractivity contribution in [2.24, 2.45) is 0 Å². The van der Waals surface area contributed by atoms with Gasteiger partial charge < -0.3 is 10.2 Å². The van der Waals surface area contributed by atoms with Crippen LogP contribution in [0.5, 0.6) is 0 Å². The van der Waals surface area contributed by atoms with E-state index in [0.717, 1.165) is 25.9 Å². The number of rotatable bonds is 1. The van der Waals surface area contributed by atoms with E-state index in [1.165, 1.54) is 0 Å². The number of hydrogen-bond donors (Lipinski definition) is 2. The Morgan fingerprint density at radius 1 is 1.40 bits per heavy atom. The summed E-state index contributed by atoms with van der Waals surface area (Å²) in [7, 11) is 0. The first-order valence-electron chi connectivity index (χ1n) is 3.80. The van der Waals surface area contributed by atoms with Gasteiger partial charge in [0.25, 0.3) is 0 Å². The van der Waals surface area contributed by atoms with Gasteiger partial charge in [-0.2, -0.15) is 0 Å². The third-order valence-corrected chi connectivity index (χ3v) is 2.03. The molecule has 0 aliphatic carbocycles. The second-order valence-corrected chi connectivity index (χ2v) is 2.90. The molecule has 1 unspecified atom stereocenters. The lowest BCUT2D eigenvalue weighted by molar-refractivity contribution is -0.0212. The summed E-state index contributed by atoms with van der Waals surface area (Å²) in [6.07, 6.45) is 1.10. The molecule has 1 saturated heterocycles. The van der Waals surface area contributed by atoms with E-state index in [9.17, 15) is 0 Å². The molecule has 0 saturated carbocycles. The van der Waals surface area contributed by atoms with Crippen LogP contribution in [0.2, 0.25) is 0 Å². The van der Waals surface area contributed by atoms with Gasteiger partial charge in [-0.05, 0) is 19.8 Å². The zero-order valence-electron chi connectivity index (χ0n) is 6.32. The first kappa shape index (κ1) is 7.98. The summed E-state index contributed by atoms with van der Waals surface area (Å²) < 4.78 is 0. The number of likely N-dealkylation sites (tertiary alicyclic amines) is 1. The van der Waals surface area contributed by atoms with E-state index >= 15 is 0 Å². The van der Waals surface area contributed by atoms with E-state index in [4.69, 9.17) is 10.2 Å². The van der Waals surface area contributed by atoms with E-state index in [1.807, 2.05) is 4.90 Å². The van der Waals surface area contributed by atoms with Crippen molar-refractivity contribution in [2.45, 2.75) is 32.1 Å². The number of piperidine rings is 1. The first-order valence-corrected chi connectivity index (χ1v) is 3.80. The Kier molecular flexibility index (Phi) is 2.65. The summed E-state index contributed by atoms with van der Waals surface area (Å²) in [5, 5.41) is 18.2. The van der Waals surface area contributed by atoms with Gasteiger partial charge in [-0.1, -0.05) is 0 Å². The highest BCUT2D eigenvalue weighted by atomic mass is 16.3. The number of hydrogen-bond acceptors (Lipinski definition) is 3. The van der Waals surface area contributed by atoms with E-state index in [1.54, 1.807) is 6.92 Å². The molecular weight excluding hydrogens is 130 g/mol. The normalized spacial score (nSPS) is 26.7. The number of aliphatic hydroxyl groups is 2. The molecular formula is C7H15NO2. The average molecular weight is 145 g/mol. The van der Waals surface area contributed by atoms with Crippen molar-refractivity contribution in [3.63, 3.8) is 0 Å². The van der Waals surface area contributed by atoms with Crippen molar-refractivity contribution in [1.29, 1.82) is 0 Å². The molecule has 1 aliphatic heterocycles. The molecule has 3 nitrogen and oxygen atoms in total. The van der Waals surface area contributed by atoms with Gasteiger partial charge >= 0.3 is 0 Å². The summed E-state index contributed by atoms with van der Waals surface area (Å²) in [5.74, 6) is 0. The number of nitrogens with zero attached hydrogens (tertiary/aromatic N) is 1. The Balaban J connectivity index is 2.26. The van der Waals surface area contributed by atoms with Gasteiger partial charge in [-0.25, -0.2) is 0 Å². The van der Waals surface area contributed by atoms with Crippen molar-refractivity contribution >= 4 is 0 Å². The Hall–Kier alpha value is -0.120. The number of aliphatic hydroxyl groups excluding tert-OH is 2. The maximum absolute atomic E-state index is 9.11. The van der Waals surface area contributed by atoms with Crippen LogP contribution < -0.4 is 0 Å². The molecule has 0 spiro atoms. The minimum atomic E-state index is -0.354. The lowest BCUT2D eigenvalue weighted by Gasteiger charge is -2.31. The van der Waals surface area contributed by atoms with Crippen molar-refractivity contribution < 1.29 is 10.2 Å². The molecule has 0 aromatic carbocycles. The molecule has 1 rings (SSSR count). The highest BCUT2D eigenvalue weighted by molar-refractivity contribution is 4.70. The van der Waals surface area contributed by atoms with Crippen LogP contribution in [-0.2, 0) is 0 Å². The molecule has 1 heterocycles. The van der Waals surface area contributed by atoms with Crippen LogP contribution >= 0.6 is 0 Å². The lowest BCUT2D eigenvalue weighted by Crippen LogP contribution is -2.41. The zero-order valence-corrected chi connectivity index (χ0v) is 6.32. The third kappa shape index (κ3) is 1.94. The molecule has 0 aromatic rings. The Morgan fingerprint density at radius 3 is 2.30 bits per heavy atom. The summed E-state index contributed by atoms with van der Waals surface area (Å²) >= 11 is 0. The Bertz CT molecular complexity index is 97.8. The zero-order chi connectivity index (χ0) is 7.56. The van der Waals surface area contributed by atoms with Crippen LogP contribution in [0.3, 0.4) is 0 Å². The predicted octanol–water partition coefficient (Wildman–Crippen LogP) is -0.219. The Morgan fingerprint density at radius 2 is 1.90 bits per heavy atom. The van der Waals surface area contributed by atoms with Crippen LogP contribution in [-0.4, -0.2) is 40.5 Å². The van der Waals surface area contributed by atoms with Gasteiger partial charge in [-0.3, -0.25) is 4.90 Å². The lowest BCUT2D eigenvalue weighted by atomic mass is 10.1. The van der Waals surface area contributed by atoms with E-state index in [2.05, 4.69) is 0 Å². The SMILES string of the molecule is CC(O)N1CCC(O)CC1. The van der Waals surface area contributed by atoms with Crippen LogP contribution in [0.25, 0.3) is 0 Å². The standard InChI is InChI=1S/C7H15NO2/c1-6(9)8-4-2-7(10)3-5-8/h6-7,9-10H,2-5H2,1H3. The maximum atomic E-state index is 9.11.